The van der Waals surface area contributed by atoms with Crippen LogP contribution in [-0.4, -0.2) is 43.9 Å². The lowest BCUT2D eigenvalue weighted by atomic mass is 9.94. The predicted octanol–water partition coefficient (Wildman–Crippen LogP) is 3.27. The molecule has 0 bridgehead atoms. The molecular formula is C18H24F3N3O5S. The first-order valence-electron chi connectivity index (χ1n) is 9.40. The number of rotatable bonds is 6. The molecule has 12 heteroatoms. The Morgan fingerprint density at radius 3 is 2.27 bits per heavy atom. The minimum atomic E-state index is -5.69. The second-order valence-electron chi connectivity index (χ2n) is 7.66. The van der Waals surface area contributed by atoms with Gasteiger partial charge in [-0.2, -0.15) is 13.2 Å². The molecule has 1 aliphatic rings. The predicted molar refractivity (Wildman–Crippen MR) is 104 cm³/mol. The van der Waals surface area contributed by atoms with E-state index < -0.39 is 30.9 Å². The Morgan fingerprint density at radius 1 is 1.23 bits per heavy atom. The number of nitrogens with zero attached hydrogens (tertiary/aromatic N) is 2. The molecule has 0 saturated carbocycles. The fraction of sp³-hybridized carbons (Fsp3) is 0.611. The first kappa shape index (κ1) is 23.9. The van der Waals surface area contributed by atoms with Gasteiger partial charge in [0.05, 0.1) is 9.82 Å². The summed E-state index contributed by atoms with van der Waals surface area (Å²) >= 11 is 0. The van der Waals surface area contributed by atoms with Crippen molar-refractivity contribution in [1.29, 1.82) is 0 Å². The number of sulfone groups is 1. The first-order chi connectivity index (χ1) is 13.8. The maximum atomic E-state index is 12.8. The molecule has 30 heavy (non-hydrogen) atoms. The van der Waals surface area contributed by atoms with Crippen molar-refractivity contribution in [2.75, 3.05) is 18.0 Å². The maximum absolute atomic E-state index is 12.8. The van der Waals surface area contributed by atoms with E-state index in [2.05, 4.69) is 5.32 Å². The summed E-state index contributed by atoms with van der Waals surface area (Å²) < 4.78 is 61.4. The fourth-order valence-corrected chi connectivity index (χ4v) is 3.89. The minimum Gasteiger partial charge on any atom is -0.366 e. The van der Waals surface area contributed by atoms with Crippen molar-refractivity contribution >= 4 is 27.1 Å². The molecule has 1 heterocycles. The summed E-state index contributed by atoms with van der Waals surface area (Å²) in [5, 5.41) is 14.3. The van der Waals surface area contributed by atoms with Gasteiger partial charge in [-0.25, -0.2) is 8.42 Å². The Balaban J connectivity index is 2.20. The fourth-order valence-electron chi connectivity index (χ4n) is 3.11. The van der Waals surface area contributed by atoms with E-state index >= 15 is 0 Å². The van der Waals surface area contributed by atoms with Crippen LogP contribution in [0.4, 0.5) is 24.5 Å². The monoisotopic (exact) mass is 451 g/mol. The third-order valence-corrected chi connectivity index (χ3v) is 6.82. The lowest BCUT2D eigenvalue weighted by molar-refractivity contribution is -0.384. The third-order valence-electron chi connectivity index (χ3n) is 5.33. The van der Waals surface area contributed by atoms with E-state index in [0.717, 1.165) is 6.07 Å². The number of alkyl halides is 3. The number of carbonyl (C=O) groups excluding carboxylic acids is 1. The number of nitrogens with one attached hydrogen (secondary N) is 1. The van der Waals surface area contributed by atoms with E-state index in [0.29, 0.717) is 25.0 Å². The van der Waals surface area contributed by atoms with Crippen LogP contribution in [0.25, 0.3) is 0 Å². The topological polar surface area (TPSA) is 110 Å². The van der Waals surface area contributed by atoms with E-state index in [-0.39, 0.29) is 42.6 Å². The van der Waals surface area contributed by atoms with Crippen LogP contribution in [0.5, 0.6) is 0 Å². The van der Waals surface area contributed by atoms with Gasteiger partial charge in [-0.05, 0) is 37.8 Å². The number of nitro benzene ring substituents is 1. The van der Waals surface area contributed by atoms with Crippen molar-refractivity contribution in [3.05, 3.63) is 28.3 Å². The van der Waals surface area contributed by atoms with Gasteiger partial charge in [-0.15, -0.1) is 0 Å². The number of anilines is 1. The highest BCUT2D eigenvalue weighted by molar-refractivity contribution is 7.92. The molecular weight excluding hydrogens is 427 g/mol. The summed E-state index contributed by atoms with van der Waals surface area (Å²) in [5.41, 5.74) is -6.26. The van der Waals surface area contributed by atoms with Gasteiger partial charge >= 0.3 is 5.51 Å². The van der Waals surface area contributed by atoms with Gasteiger partial charge < -0.3 is 10.2 Å². The van der Waals surface area contributed by atoms with Crippen molar-refractivity contribution in [3.63, 3.8) is 0 Å². The minimum absolute atomic E-state index is 0.000238. The molecule has 1 aromatic rings. The molecule has 1 N–H and O–H groups in total. The van der Waals surface area contributed by atoms with Crippen LogP contribution in [0.3, 0.4) is 0 Å². The average Bonchev–Trinajstić information content (AvgIpc) is 2.66. The Labute approximate surface area is 172 Å². The maximum Gasteiger partial charge on any atom is 0.501 e. The first-order valence-corrected chi connectivity index (χ1v) is 10.9. The molecule has 0 radical (unpaired) electrons. The van der Waals surface area contributed by atoms with Crippen LogP contribution >= 0.6 is 0 Å². The third kappa shape index (κ3) is 5.02. The summed E-state index contributed by atoms with van der Waals surface area (Å²) in [6.07, 6.45) is 0.826. The number of amides is 1. The van der Waals surface area contributed by atoms with Crippen molar-refractivity contribution in [2.45, 2.75) is 50.1 Å². The molecule has 0 spiro atoms. The molecule has 1 aliphatic heterocycles. The number of hydrogen-bond acceptors (Lipinski definition) is 6. The van der Waals surface area contributed by atoms with E-state index in [1.165, 1.54) is 0 Å². The highest BCUT2D eigenvalue weighted by atomic mass is 32.2. The number of hydrogen-bond donors (Lipinski definition) is 1. The highest BCUT2D eigenvalue weighted by Gasteiger charge is 2.47. The second-order valence-corrected chi connectivity index (χ2v) is 9.60. The highest BCUT2D eigenvalue weighted by Crippen LogP contribution is 2.37. The smallest absolute Gasteiger partial charge is 0.366 e. The Bertz CT molecular complexity index is 910. The number of carbonyl (C=O) groups is 1. The van der Waals surface area contributed by atoms with Gasteiger partial charge in [0.25, 0.3) is 15.5 Å². The lowest BCUT2D eigenvalue weighted by Crippen LogP contribution is -2.44. The number of halogens is 3. The Morgan fingerprint density at radius 2 is 1.80 bits per heavy atom. The molecule has 1 fully saturated rings. The van der Waals surface area contributed by atoms with Crippen LogP contribution in [0.15, 0.2) is 23.1 Å². The molecule has 0 aliphatic carbocycles. The summed E-state index contributed by atoms with van der Waals surface area (Å²) in [6, 6.07) is 2.16. The molecule has 1 unspecified atom stereocenters. The number of nitro groups is 1. The molecule has 1 atom stereocenters. The SMILES string of the molecule is CC(C)C(C)NC(=O)C1CCN(c2ccc(S(=O)(=O)C(F)(F)F)cc2[N+](=O)[O-])CC1. The molecule has 8 nitrogen and oxygen atoms in total. The van der Waals surface area contributed by atoms with E-state index in [9.17, 15) is 36.5 Å². The van der Waals surface area contributed by atoms with Crippen LogP contribution in [0, 0.1) is 22.0 Å². The van der Waals surface area contributed by atoms with Crippen LogP contribution in [-0.2, 0) is 14.6 Å². The quantitative estimate of drug-likeness (QED) is 0.525. The van der Waals surface area contributed by atoms with E-state index in [1.807, 2.05) is 20.8 Å². The van der Waals surface area contributed by atoms with E-state index in [1.54, 1.807) is 4.90 Å². The zero-order valence-electron chi connectivity index (χ0n) is 16.8. The Hall–Kier alpha value is -2.37. The van der Waals surface area contributed by atoms with Gasteiger partial charge in [0, 0.05) is 31.1 Å². The van der Waals surface area contributed by atoms with Crippen molar-refractivity contribution in [2.24, 2.45) is 11.8 Å². The van der Waals surface area contributed by atoms with E-state index in [4.69, 9.17) is 0 Å². The molecule has 1 aromatic carbocycles. The molecule has 1 saturated heterocycles. The molecule has 168 valence electrons. The molecule has 2 rings (SSSR count). The molecule has 1 amide bonds. The largest absolute Gasteiger partial charge is 0.501 e. The summed E-state index contributed by atoms with van der Waals surface area (Å²) in [4.78, 5) is 23.3. The zero-order valence-corrected chi connectivity index (χ0v) is 17.6. The van der Waals surface area contributed by atoms with Crippen molar-refractivity contribution < 1.29 is 31.3 Å². The number of piperidine rings is 1. The van der Waals surface area contributed by atoms with Gasteiger partial charge in [0.15, 0.2) is 0 Å². The lowest BCUT2D eigenvalue weighted by Gasteiger charge is -2.33. The number of benzene rings is 1. The van der Waals surface area contributed by atoms with Gasteiger partial charge in [0.1, 0.15) is 5.69 Å². The second kappa shape index (κ2) is 8.78. The standard InChI is InChI=1S/C18H24F3N3O5S/c1-11(2)12(3)22-17(25)13-6-8-23(9-7-13)15-5-4-14(10-16(15)24(26)27)30(28,29)18(19,20)21/h4-5,10-13H,6-9H2,1-3H3,(H,22,25). The zero-order chi connectivity index (χ0) is 22.9. The van der Waals surface area contributed by atoms with Gasteiger partial charge in [-0.3, -0.25) is 14.9 Å². The summed E-state index contributed by atoms with van der Waals surface area (Å²) in [6.45, 7) is 6.42. The summed E-state index contributed by atoms with van der Waals surface area (Å²) in [7, 11) is -5.69. The van der Waals surface area contributed by atoms with Crippen LogP contribution in [0.2, 0.25) is 0 Å². The molecule has 0 aromatic heterocycles. The van der Waals surface area contributed by atoms with Gasteiger partial charge in [-0.1, -0.05) is 13.8 Å². The van der Waals surface area contributed by atoms with Crippen molar-refractivity contribution in [1.82, 2.24) is 5.32 Å². The van der Waals surface area contributed by atoms with Crippen LogP contribution in [0.1, 0.15) is 33.6 Å². The van der Waals surface area contributed by atoms with Crippen LogP contribution < -0.4 is 10.2 Å². The summed E-state index contributed by atoms with van der Waals surface area (Å²) in [5.74, 6) is -0.105. The van der Waals surface area contributed by atoms with Gasteiger partial charge in [0.2, 0.25) is 5.91 Å². The van der Waals surface area contributed by atoms with Crippen molar-refractivity contribution in [3.8, 4) is 0 Å². The average molecular weight is 451 g/mol. The Kier molecular flexibility index (Phi) is 7.00. The normalized spacial score (nSPS) is 17.1.